The van der Waals surface area contributed by atoms with E-state index in [0.717, 1.165) is 17.0 Å². The van der Waals surface area contributed by atoms with Gasteiger partial charge in [0.15, 0.2) is 6.10 Å². The summed E-state index contributed by atoms with van der Waals surface area (Å²) in [6, 6.07) is 17.9. The summed E-state index contributed by atoms with van der Waals surface area (Å²) in [5.41, 5.74) is 9.28. The number of aryl methyl sites for hydroxylation is 1. The van der Waals surface area contributed by atoms with E-state index >= 15 is 0 Å². The number of aromatic nitrogens is 1. The van der Waals surface area contributed by atoms with Crippen molar-refractivity contribution in [1.82, 2.24) is 4.57 Å². The first-order chi connectivity index (χ1) is 14.8. The predicted octanol–water partition coefficient (Wildman–Crippen LogP) is 3.44. The number of amides is 2. The van der Waals surface area contributed by atoms with Gasteiger partial charge in [0.2, 0.25) is 5.91 Å². The standard InChI is InChI=1S/C24H25N3O4/c1-15-13-21(16(2)27(15)14-18-7-5-4-6-8-18)24(30)31-17(3)23(29)26-20-11-9-19(10-12-20)22(25)28/h4-13,17H,14H2,1-3H3,(H2,25,28)(H,26,29). The van der Waals surface area contributed by atoms with Gasteiger partial charge >= 0.3 is 5.97 Å². The lowest BCUT2D eigenvalue weighted by molar-refractivity contribution is -0.123. The highest BCUT2D eigenvalue weighted by Gasteiger charge is 2.23. The van der Waals surface area contributed by atoms with E-state index < -0.39 is 23.9 Å². The summed E-state index contributed by atoms with van der Waals surface area (Å²) in [6.07, 6.45) is -1.000. The van der Waals surface area contributed by atoms with Crippen LogP contribution in [0.2, 0.25) is 0 Å². The third kappa shape index (κ3) is 5.19. The van der Waals surface area contributed by atoms with Gasteiger partial charge in [0.25, 0.3) is 5.91 Å². The lowest BCUT2D eigenvalue weighted by Crippen LogP contribution is -2.30. The monoisotopic (exact) mass is 419 g/mol. The number of carbonyl (C=O) groups excluding carboxylic acids is 3. The Kier molecular flexibility index (Phi) is 6.55. The third-order valence-corrected chi connectivity index (χ3v) is 5.07. The summed E-state index contributed by atoms with van der Waals surface area (Å²) in [5.74, 6) is -1.58. The van der Waals surface area contributed by atoms with Crippen LogP contribution in [-0.2, 0) is 16.1 Å². The number of carbonyl (C=O) groups is 3. The lowest BCUT2D eigenvalue weighted by atomic mass is 10.2. The molecule has 1 atom stereocenters. The first kappa shape index (κ1) is 21.8. The highest BCUT2D eigenvalue weighted by molar-refractivity contribution is 5.98. The van der Waals surface area contributed by atoms with Crippen LogP contribution in [0.25, 0.3) is 0 Å². The second-order valence-electron chi connectivity index (χ2n) is 7.33. The molecule has 3 aromatic rings. The maximum Gasteiger partial charge on any atom is 0.340 e. The largest absolute Gasteiger partial charge is 0.449 e. The molecule has 2 amide bonds. The molecule has 3 rings (SSSR count). The van der Waals surface area contributed by atoms with E-state index in [2.05, 4.69) is 5.32 Å². The highest BCUT2D eigenvalue weighted by Crippen LogP contribution is 2.19. The normalized spacial score (nSPS) is 11.6. The first-order valence-corrected chi connectivity index (χ1v) is 9.88. The number of esters is 1. The van der Waals surface area contributed by atoms with E-state index in [-0.39, 0.29) is 0 Å². The Morgan fingerprint density at radius 3 is 2.29 bits per heavy atom. The smallest absolute Gasteiger partial charge is 0.340 e. The van der Waals surface area contributed by atoms with E-state index in [1.807, 2.05) is 48.7 Å². The number of nitrogens with two attached hydrogens (primary N) is 1. The predicted molar refractivity (Wildman–Crippen MR) is 118 cm³/mol. The van der Waals surface area contributed by atoms with Crippen LogP contribution in [0.15, 0.2) is 60.7 Å². The average molecular weight is 419 g/mol. The molecule has 1 aromatic heterocycles. The minimum absolute atomic E-state index is 0.336. The van der Waals surface area contributed by atoms with Gasteiger partial charge in [-0.1, -0.05) is 30.3 Å². The van der Waals surface area contributed by atoms with Crippen LogP contribution < -0.4 is 11.1 Å². The quantitative estimate of drug-likeness (QED) is 0.573. The van der Waals surface area contributed by atoms with Gasteiger partial charge in [0.1, 0.15) is 0 Å². The van der Waals surface area contributed by atoms with Crippen LogP contribution >= 0.6 is 0 Å². The Morgan fingerprint density at radius 1 is 1.03 bits per heavy atom. The van der Waals surface area contributed by atoms with E-state index in [9.17, 15) is 14.4 Å². The molecule has 2 aromatic carbocycles. The van der Waals surface area contributed by atoms with Crippen molar-refractivity contribution in [2.24, 2.45) is 5.73 Å². The van der Waals surface area contributed by atoms with E-state index in [4.69, 9.17) is 10.5 Å². The van der Waals surface area contributed by atoms with Crippen LogP contribution in [0.1, 0.15) is 44.6 Å². The van der Waals surface area contributed by atoms with Gasteiger partial charge in [-0.2, -0.15) is 0 Å². The minimum Gasteiger partial charge on any atom is -0.449 e. The fraction of sp³-hybridized carbons (Fsp3) is 0.208. The molecule has 0 bridgehead atoms. The van der Waals surface area contributed by atoms with Crippen molar-refractivity contribution in [1.29, 1.82) is 0 Å². The maximum absolute atomic E-state index is 12.7. The summed E-state index contributed by atoms with van der Waals surface area (Å²) in [6.45, 7) is 5.94. The molecular weight excluding hydrogens is 394 g/mol. The Morgan fingerprint density at radius 2 is 1.68 bits per heavy atom. The average Bonchev–Trinajstić information content (AvgIpc) is 3.03. The van der Waals surface area contributed by atoms with E-state index in [1.54, 1.807) is 18.2 Å². The van der Waals surface area contributed by atoms with Crippen molar-refractivity contribution >= 4 is 23.5 Å². The molecule has 160 valence electrons. The first-order valence-electron chi connectivity index (χ1n) is 9.88. The Balaban J connectivity index is 1.65. The van der Waals surface area contributed by atoms with Crippen LogP contribution in [-0.4, -0.2) is 28.5 Å². The number of ether oxygens (including phenoxy) is 1. The van der Waals surface area contributed by atoms with Crippen LogP contribution in [0.3, 0.4) is 0 Å². The number of hydrogen-bond donors (Lipinski definition) is 2. The zero-order valence-corrected chi connectivity index (χ0v) is 17.7. The molecule has 0 radical (unpaired) electrons. The van der Waals surface area contributed by atoms with Gasteiger partial charge in [-0.3, -0.25) is 9.59 Å². The van der Waals surface area contributed by atoms with Crippen molar-refractivity contribution in [3.05, 3.63) is 88.7 Å². The maximum atomic E-state index is 12.7. The number of nitrogens with one attached hydrogen (secondary N) is 1. The molecular formula is C24H25N3O4. The number of nitrogens with zero attached hydrogens (tertiary/aromatic N) is 1. The molecule has 0 aliphatic carbocycles. The number of benzene rings is 2. The Bertz CT molecular complexity index is 1100. The van der Waals surface area contributed by atoms with Gasteiger partial charge in [-0.05, 0) is 56.7 Å². The zero-order valence-electron chi connectivity index (χ0n) is 17.7. The van der Waals surface area contributed by atoms with Gasteiger partial charge in [0, 0.05) is 29.2 Å². The molecule has 0 spiro atoms. The second kappa shape index (κ2) is 9.30. The van der Waals surface area contributed by atoms with Gasteiger partial charge in [-0.25, -0.2) is 4.79 Å². The molecule has 1 unspecified atom stereocenters. The highest BCUT2D eigenvalue weighted by atomic mass is 16.5. The van der Waals surface area contributed by atoms with Crippen molar-refractivity contribution in [2.45, 2.75) is 33.4 Å². The van der Waals surface area contributed by atoms with E-state index in [0.29, 0.717) is 23.4 Å². The van der Waals surface area contributed by atoms with Crippen molar-refractivity contribution in [3.8, 4) is 0 Å². The molecule has 0 aliphatic heterocycles. The zero-order chi connectivity index (χ0) is 22.5. The molecule has 1 heterocycles. The summed E-state index contributed by atoms with van der Waals surface area (Å²) in [5, 5.41) is 2.66. The summed E-state index contributed by atoms with van der Waals surface area (Å²) in [7, 11) is 0. The molecule has 31 heavy (non-hydrogen) atoms. The molecule has 0 saturated heterocycles. The van der Waals surface area contributed by atoms with Crippen molar-refractivity contribution in [2.75, 3.05) is 5.32 Å². The topological polar surface area (TPSA) is 103 Å². The molecule has 0 saturated carbocycles. The minimum atomic E-state index is -1.000. The van der Waals surface area contributed by atoms with Gasteiger partial charge in [-0.15, -0.1) is 0 Å². The fourth-order valence-corrected chi connectivity index (χ4v) is 3.26. The Hall–Kier alpha value is -3.87. The second-order valence-corrected chi connectivity index (χ2v) is 7.33. The van der Waals surface area contributed by atoms with Crippen molar-refractivity contribution in [3.63, 3.8) is 0 Å². The number of primary amides is 1. The number of hydrogen-bond acceptors (Lipinski definition) is 4. The summed E-state index contributed by atoms with van der Waals surface area (Å²) in [4.78, 5) is 36.2. The fourth-order valence-electron chi connectivity index (χ4n) is 3.26. The van der Waals surface area contributed by atoms with E-state index in [1.165, 1.54) is 19.1 Å². The van der Waals surface area contributed by atoms with Crippen LogP contribution in [0.5, 0.6) is 0 Å². The van der Waals surface area contributed by atoms with Crippen LogP contribution in [0, 0.1) is 13.8 Å². The molecule has 0 fully saturated rings. The molecule has 7 heteroatoms. The summed E-state index contributed by atoms with van der Waals surface area (Å²) >= 11 is 0. The van der Waals surface area contributed by atoms with Crippen LogP contribution in [0.4, 0.5) is 5.69 Å². The van der Waals surface area contributed by atoms with Gasteiger partial charge in [0.05, 0.1) is 5.56 Å². The number of rotatable bonds is 7. The number of anilines is 1. The lowest BCUT2D eigenvalue weighted by Gasteiger charge is -2.14. The molecule has 3 N–H and O–H groups in total. The third-order valence-electron chi connectivity index (χ3n) is 5.07. The molecule has 7 nitrogen and oxygen atoms in total. The SMILES string of the molecule is Cc1cc(C(=O)OC(C)C(=O)Nc2ccc(C(N)=O)cc2)c(C)n1Cc1ccccc1. The Labute approximate surface area is 180 Å². The molecule has 0 aliphatic rings. The summed E-state index contributed by atoms with van der Waals surface area (Å²) < 4.78 is 7.43. The van der Waals surface area contributed by atoms with Gasteiger partial charge < -0.3 is 20.4 Å². The van der Waals surface area contributed by atoms with Crippen molar-refractivity contribution < 1.29 is 19.1 Å².